The molecule has 0 unspecified atom stereocenters. The Kier molecular flexibility index (Phi) is 1.42. The molecule has 2 bridgehead atoms. The Morgan fingerprint density at radius 2 is 2.14 bits per heavy atom. The molecule has 4 rings (SSSR count). The van der Waals surface area contributed by atoms with Crippen molar-refractivity contribution in [3.63, 3.8) is 0 Å². The number of ether oxygens (including phenoxy) is 1. The molecule has 0 spiro atoms. The molecular formula is C12H12OSe. The summed E-state index contributed by atoms with van der Waals surface area (Å²) < 4.78 is 5.54. The first-order valence-corrected chi connectivity index (χ1v) is 7.28. The van der Waals surface area contributed by atoms with Crippen molar-refractivity contribution in [1.82, 2.24) is 0 Å². The molecule has 0 aromatic heterocycles. The van der Waals surface area contributed by atoms with Gasteiger partial charge in [0.25, 0.3) is 0 Å². The number of hydrogen-bond acceptors (Lipinski definition) is 1. The normalized spacial score (nSPS) is 51.4. The summed E-state index contributed by atoms with van der Waals surface area (Å²) in [5, 5.41) is 0. The fraction of sp³-hybridized carbons (Fsp3) is 0.500. The van der Waals surface area contributed by atoms with E-state index in [-0.39, 0.29) is 0 Å². The average Bonchev–Trinajstić information content (AvgIpc) is 2.92. The second-order valence-electron chi connectivity index (χ2n) is 4.62. The van der Waals surface area contributed by atoms with Gasteiger partial charge in [-0.25, -0.2) is 0 Å². The first-order valence-electron chi connectivity index (χ1n) is 5.31. The Hall–Kier alpha value is -0.461. The number of fused-ring (bicyclic) bond motifs is 7. The van der Waals surface area contributed by atoms with E-state index in [2.05, 4.69) is 23.2 Å². The topological polar surface area (TPSA) is 9.23 Å². The van der Waals surface area contributed by atoms with Gasteiger partial charge in [0.15, 0.2) is 0 Å². The molecule has 1 fully saturated rings. The Labute approximate surface area is 90.1 Å². The van der Waals surface area contributed by atoms with Crippen LogP contribution in [0.5, 0.6) is 0 Å². The van der Waals surface area contributed by atoms with E-state index in [1.54, 1.807) is 0 Å². The molecule has 0 saturated heterocycles. The third-order valence-electron chi connectivity index (χ3n) is 4.02. The molecule has 2 heterocycles. The van der Waals surface area contributed by atoms with Gasteiger partial charge in [-0.1, -0.05) is 0 Å². The van der Waals surface area contributed by atoms with Crippen molar-refractivity contribution in [2.75, 3.05) is 0 Å². The molecular weight excluding hydrogens is 239 g/mol. The third-order valence-corrected chi connectivity index (χ3v) is 6.85. The minimum atomic E-state index is 0.621. The molecule has 72 valence electrons. The standard InChI is InChI=1S/C12H12OSe/c1-2-8-5-7(1)11-9-3-4-13-10(9)6-14-12(8)11/h1-4,6-9,11-12H,5H2/t7-,8+,9+,11-,12-/m1/s1. The molecule has 0 aromatic carbocycles. The van der Waals surface area contributed by atoms with Crippen LogP contribution in [0.2, 0.25) is 4.82 Å². The Morgan fingerprint density at radius 1 is 1.21 bits per heavy atom. The van der Waals surface area contributed by atoms with Crippen LogP contribution in [0.3, 0.4) is 0 Å². The van der Waals surface area contributed by atoms with Crippen molar-refractivity contribution in [3.8, 4) is 0 Å². The second-order valence-corrected chi connectivity index (χ2v) is 6.83. The molecule has 5 atom stereocenters. The van der Waals surface area contributed by atoms with Crippen molar-refractivity contribution >= 4 is 15.0 Å². The molecule has 0 N–H and O–H groups in total. The minimum absolute atomic E-state index is 0.621. The molecule has 1 saturated carbocycles. The zero-order valence-electron chi connectivity index (χ0n) is 7.80. The van der Waals surface area contributed by atoms with Crippen LogP contribution in [0.1, 0.15) is 6.42 Å². The van der Waals surface area contributed by atoms with Crippen LogP contribution < -0.4 is 0 Å². The van der Waals surface area contributed by atoms with Gasteiger partial charge in [0.1, 0.15) is 0 Å². The van der Waals surface area contributed by atoms with E-state index < -0.39 is 0 Å². The van der Waals surface area contributed by atoms with Crippen LogP contribution in [-0.2, 0) is 4.74 Å². The number of hydrogen-bond donors (Lipinski definition) is 0. The summed E-state index contributed by atoms with van der Waals surface area (Å²) in [6, 6.07) is 0. The molecule has 4 aliphatic rings. The van der Waals surface area contributed by atoms with Gasteiger partial charge in [0.05, 0.1) is 0 Å². The van der Waals surface area contributed by atoms with E-state index in [1.165, 1.54) is 12.2 Å². The average molecular weight is 251 g/mol. The summed E-state index contributed by atoms with van der Waals surface area (Å²) in [6.45, 7) is 0. The first kappa shape index (κ1) is 7.78. The molecule has 1 nitrogen and oxygen atoms in total. The van der Waals surface area contributed by atoms with Gasteiger partial charge >= 0.3 is 89.8 Å². The van der Waals surface area contributed by atoms with E-state index in [4.69, 9.17) is 4.74 Å². The van der Waals surface area contributed by atoms with Crippen LogP contribution >= 0.6 is 0 Å². The monoisotopic (exact) mass is 252 g/mol. The van der Waals surface area contributed by atoms with E-state index in [1.807, 2.05) is 6.26 Å². The Morgan fingerprint density at radius 3 is 3.14 bits per heavy atom. The van der Waals surface area contributed by atoms with E-state index in [0.717, 1.165) is 22.6 Å². The van der Waals surface area contributed by atoms with Crippen molar-refractivity contribution in [3.05, 3.63) is 35.2 Å². The zero-order valence-corrected chi connectivity index (χ0v) is 9.51. The maximum atomic E-state index is 5.54. The van der Waals surface area contributed by atoms with E-state index >= 15 is 0 Å². The van der Waals surface area contributed by atoms with Gasteiger partial charge in [-0.15, -0.1) is 0 Å². The summed E-state index contributed by atoms with van der Waals surface area (Å²) >= 11 is 0.673. The van der Waals surface area contributed by atoms with Gasteiger partial charge in [-0.05, 0) is 0 Å². The number of allylic oxidation sites excluding steroid dienone is 3. The summed E-state index contributed by atoms with van der Waals surface area (Å²) in [4.78, 5) is 3.35. The van der Waals surface area contributed by atoms with Gasteiger partial charge < -0.3 is 0 Å². The SMILES string of the molecule is C1=C[C@H]2C(=C[Se][C@H]3[C@@H]2[C@@H]2C=C[C@H]3C2)O1. The zero-order chi connectivity index (χ0) is 9.12. The van der Waals surface area contributed by atoms with E-state index in [0.29, 0.717) is 20.9 Å². The molecule has 2 aliphatic carbocycles. The van der Waals surface area contributed by atoms with Gasteiger partial charge in [0.2, 0.25) is 0 Å². The van der Waals surface area contributed by atoms with Crippen molar-refractivity contribution < 1.29 is 4.74 Å². The van der Waals surface area contributed by atoms with Crippen LogP contribution in [0.15, 0.2) is 35.2 Å². The number of rotatable bonds is 0. The van der Waals surface area contributed by atoms with Crippen molar-refractivity contribution in [2.24, 2.45) is 23.7 Å². The predicted octanol–water partition coefficient (Wildman–Crippen LogP) is 2.32. The van der Waals surface area contributed by atoms with Crippen LogP contribution in [-0.4, -0.2) is 15.0 Å². The molecule has 0 amide bonds. The van der Waals surface area contributed by atoms with E-state index in [9.17, 15) is 0 Å². The van der Waals surface area contributed by atoms with Gasteiger partial charge in [-0.2, -0.15) is 0 Å². The Bertz CT molecular complexity index is 369. The van der Waals surface area contributed by atoms with Gasteiger partial charge in [-0.3, -0.25) is 0 Å². The Balaban J connectivity index is 1.79. The van der Waals surface area contributed by atoms with Crippen LogP contribution in [0, 0.1) is 23.7 Å². The maximum absolute atomic E-state index is 5.54. The summed E-state index contributed by atoms with van der Waals surface area (Å²) in [6.07, 6.45) is 10.5. The quantitative estimate of drug-likeness (QED) is 0.474. The summed E-state index contributed by atoms with van der Waals surface area (Å²) in [5.41, 5.74) is 0. The van der Waals surface area contributed by atoms with Crippen LogP contribution in [0.4, 0.5) is 0 Å². The fourth-order valence-electron chi connectivity index (χ4n) is 3.42. The van der Waals surface area contributed by atoms with Crippen LogP contribution in [0.25, 0.3) is 0 Å². The summed E-state index contributed by atoms with van der Waals surface area (Å²) in [7, 11) is 0. The molecule has 2 aliphatic heterocycles. The molecule has 0 aromatic rings. The van der Waals surface area contributed by atoms with Crippen molar-refractivity contribution in [1.29, 1.82) is 0 Å². The molecule has 2 heteroatoms. The predicted molar refractivity (Wildman–Crippen MR) is 55.5 cm³/mol. The summed E-state index contributed by atoms with van der Waals surface area (Å²) in [5.74, 6) is 4.51. The fourth-order valence-corrected chi connectivity index (χ4v) is 6.49. The molecule has 14 heavy (non-hydrogen) atoms. The second kappa shape index (κ2) is 2.56. The van der Waals surface area contributed by atoms with Crippen molar-refractivity contribution in [2.45, 2.75) is 11.2 Å². The van der Waals surface area contributed by atoms with Gasteiger partial charge in [0, 0.05) is 0 Å². The first-order chi connectivity index (χ1) is 6.93. The third kappa shape index (κ3) is 0.820. The molecule has 0 radical (unpaired) electrons.